The van der Waals surface area contributed by atoms with E-state index in [0.717, 1.165) is 37.4 Å². The molecule has 0 N–H and O–H groups in total. The predicted molar refractivity (Wildman–Crippen MR) is 94.6 cm³/mol. The maximum Gasteiger partial charge on any atom is 0.225 e. The highest BCUT2D eigenvalue weighted by atomic mass is 19.1. The standard InChI is InChI=1S/C19H22FN5/c1-14-10-22-19(23-11-14)24(2)17-4-3-7-25(13-17)12-16-6-5-15(9-21)8-18(16)20/h5-6,8,10-11,17H,3-4,7,12-13H2,1-2H3. The monoisotopic (exact) mass is 339 g/mol. The number of anilines is 1. The molecule has 1 saturated heterocycles. The van der Waals surface area contributed by atoms with E-state index in [1.54, 1.807) is 12.1 Å². The van der Waals surface area contributed by atoms with Gasteiger partial charge < -0.3 is 4.90 Å². The average molecular weight is 339 g/mol. The molecular weight excluding hydrogens is 317 g/mol. The van der Waals surface area contributed by atoms with Gasteiger partial charge in [-0.2, -0.15) is 5.26 Å². The summed E-state index contributed by atoms with van der Waals surface area (Å²) in [7, 11) is 2.02. The molecule has 1 aliphatic rings. The second-order valence-corrected chi connectivity index (χ2v) is 6.62. The lowest BCUT2D eigenvalue weighted by molar-refractivity contribution is 0.196. The number of piperidine rings is 1. The van der Waals surface area contributed by atoms with Crippen molar-refractivity contribution in [3.63, 3.8) is 0 Å². The Balaban J connectivity index is 1.67. The molecule has 0 spiro atoms. The van der Waals surface area contributed by atoms with Gasteiger partial charge in [-0.1, -0.05) is 6.07 Å². The van der Waals surface area contributed by atoms with E-state index in [-0.39, 0.29) is 5.82 Å². The summed E-state index contributed by atoms with van der Waals surface area (Å²) in [5.74, 6) is 0.415. The van der Waals surface area contributed by atoms with Gasteiger partial charge in [-0.15, -0.1) is 0 Å². The van der Waals surface area contributed by atoms with Gasteiger partial charge in [0.15, 0.2) is 0 Å². The first-order valence-electron chi connectivity index (χ1n) is 8.49. The number of likely N-dealkylation sites (N-methyl/N-ethyl adjacent to an activating group) is 1. The molecule has 1 fully saturated rings. The summed E-state index contributed by atoms with van der Waals surface area (Å²) in [5.41, 5.74) is 2.03. The fourth-order valence-corrected chi connectivity index (χ4v) is 3.21. The van der Waals surface area contributed by atoms with Crippen LogP contribution in [-0.2, 0) is 6.54 Å². The fraction of sp³-hybridized carbons (Fsp3) is 0.421. The van der Waals surface area contributed by atoms with E-state index in [4.69, 9.17) is 5.26 Å². The Morgan fingerprint density at radius 2 is 2.12 bits per heavy atom. The van der Waals surface area contributed by atoms with E-state index in [2.05, 4.69) is 19.8 Å². The van der Waals surface area contributed by atoms with Crippen LogP contribution in [0.25, 0.3) is 0 Å². The molecule has 1 aliphatic heterocycles. The van der Waals surface area contributed by atoms with E-state index in [1.807, 2.05) is 32.4 Å². The summed E-state index contributed by atoms with van der Waals surface area (Å²) in [6.45, 7) is 4.31. The molecule has 1 aromatic heterocycles. The minimum atomic E-state index is -0.309. The van der Waals surface area contributed by atoms with Gasteiger partial charge in [-0.05, 0) is 44.0 Å². The molecule has 0 amide bonds. The van der Waals surface area contributed by atoms with Crippen molar-refractivity contribution < 1.29 is 4.39 Å². The van der Waals surface area contributed by atoms with E-state index in [1.165, 1.54) is 6.07 Å². The zero-order valence-corrected chi connectivity index (χ0v) is 14.6. The lowest BCUT2D eigenvalue weighted by atomic mass is 10.0. The van der Waals surface area contributed by atoms with Gasteiger partial charge in [0.2, 0.25) is 5.95 Å². The van der Waals surface area contributed by atoms with Gasteiger partial charge in [0.05, 0.1) is 11.6 Å². The van der Waals surface area contributed by atoms with Gasteiger partial charge in [0, 0.05) is 44.1 Å². The molecule has 3 rings (SSSR count). The van der Waals surface area contributed by atoms with E-state index < -0.39 is 0 Å². The summed E-state index contributed by atoms with van der Waals surface area (Å²) in [4.78, 5) is 13.2. The zero-order valence-electron chi connectivity index (χ0n) is 14.6. The maximum atomic E-state index is 14.1. The molecule has 2 heterocycles. The Hall–Kier alpha value is -2.52. The number of benzene rings is 1. The van der Waals surface area contributed by atoms with Crippen LogP contribution in [0.3, 0.4) is 0 Å². The van der Waals surface area contributed by atoms with Crippen LogP contribution < -0.4 is 4.90 Å². The second-order valence-electron chi connectivity index (χ2n) is 6.62. The molecular formula is C19H22FN5. The summed E-state index contributed by atoms with van der Waals surface area (Å²) in [5, 5.41) is 8.85. The van der Waals surface area contributed by atoms with Crippen LogP contribution in [0.5, 0.6) is 0 Å². The Kier molecular flexibility index (Phi) is 5.25. The lowest BCUT2D eigenvalue weighted by Crippen LogP contribution is -2.46. The number of halogens is 1. The summed E-state index contributed by atoms with van der Waals surface area (Å²) in [6.07, 6.45) is 5.77. The zero-order chi connectivity index (χ0) is 17.8. The molecule has 6 heteroatoms. The minimum absolute atomic E-state index is 0.304. The first-order chi connectivity index (χ1) is 12.1. The van der Waals surface area contributed by atoms with Crippen LogP contribution in [0.2, 0.25) is 0 Å². The highest BCUT2D eigenvalue weighted by Crippen LogP contribution is 2.21. The van der Waals surface area contributed by atoms with Gasteiger partial charge in [0.1, 0.15) is 5.82 Å². The van der Waals surface area contributed by atoms with Crippen molar-refractivity contribution in [1.82, 2.24) is 14.9 Å². The van der Waals surface area contributed by atoms with Crippen molar-refractivity contribution in [2.45, 2.75) is 32.4 Å². The first kappa shape index (κ1) is 17.3. The van der Waals surface area contributed by atoms with E-state index in [0.29, 0.717) is 23.7 Å². The number of aryl methyl sites for hydroxylation is 1. The van der Waals surface area contributed by atoms with Crippen LogP contribution >= 0.6 is 0 Å². The predicted octanol–water partition coefficient (Wildman–Crippen LogP) is 2.90. The lowest BCUT2D eigenvalue weighted by Gasteiger charge is -2.37. The number of hydrogen-bond acceptors (Lipinski definition) is 5. The van der Waals surface area contributed by atoms with Gasteiger partial charge in [0.25, 0.3) is 0 Å². The smallest absolute Gasteiger partial charge is 0.225 e. The molecule has 1 unspecified atom stereocenters. The highest BCUT2D eigenvalue weighted by Gasteiger charge is 2.25. The first-order valence-corrected chi connectivity index (χ1v) is 8.49. The third-order valence-electron chi connectivity index (χ3n) is 4.69. The SMILES string of the molecule is Cc1cnc(N(C)C2CCCN(Cc3ccc(C#N)cc3F)C2)nc1. The third-order valence-corrected chi connectivity index (χ3v) is 4.69. The molecule has 130 valence electrons. The van der Waals surface area contributed by atoms with E-state index in [9.17, 15) is 4.39 Å². The number of hydrogen-bond donors (Lipinski definition) is 0. The molecule has 0 saturated carbocycles. The Morgan fingerprint density at radius 3 is 2.80 bits per heavy atom. The number of nitrogens with zero attached hydrogens (tertiary/aromatic N) is 5. The summed E-state index contributed by atoms with van der Waals surface area (Å²) < 4.78 is 14.1. The topological polar surface area (TPSA) is 56.1 Å². The van der Waals surface area contributed by atoms with Gasteiger partial charge >= 0.3 is 0 Å². The van der Waals surface area contributed by atoms with Crippen molar-refractivity contribution in [3.05, 3.63) is 53.1 Å². The average Bonchev–Trinajstić information content (AvgIpc) is 2.63. The molecule has 0 bridgehead atoms. The fourth-order valence-electron chi connectivity index (χ4n) is 3.21. The molecule has 1 aromatic carbocycles. The summed E-state index contributed by atoms with van der Waals surface area (Å²) >= 11 is 0. The number of likely N-dealkylation sites (tertiary alicyclic amines) is 1. The van der Waals surface area contributed by atoms with Gasteiger partial charge in [-0.3, -0.25) is 4.90 Å². The molecule has 5 nitrogen and oxygen atoms in total. The van der Waals surface area contributed by atoms with Crippen molar-refractivity contribution >= 4 is 5.95 Å². The van der Waals surface area contributed by atoms with Crippen molar-refractivity contribution in [2.24, 2.45) is 0 Å². The minimum Gasteiger partial charge on any atom is -0.340 e. The Morgan fingerprint density at radius 1 is 1.36 bits per heavy atom. The van der Waals surface area contributed by atoms with Crippen LogP contribution in [-0.4, -0.2) is 41.0 Å². The maximum absolute atomic E-state index is 14.1. The number of nitriles is 1. The third kappa shape index (κ3) is 4.12. The second kappa shape index (κ2) is 7.58. The molecule has 2 aromatic rings. The van der Waals surface area contributed by atoms with Crippen molar-refractivity contribution in [3.8, 4) is 6.07 Å². The molecule has 0 radical (unpaired) electrons. The van der Waals surface area contributed by atoms with Crippen molar-refractivity contribution in [2.75, 3.05) is 25.0 Å². The number of aromatic nitrogens is 2. The van der Waals surface area contributed by atoms with Crippen LogP contribution in [0, 0.1) is 24.1 Å². The normalized spacial score (nSPS) is 17.9. The molecule has 0 aliphatic carbocycles. The summed E-state index contributed by atoms with van der Waals surface area (Å²) in [6, 6.07) is 6.97. The highest BCUT2D eigenvalue weighted by molar-refractivity contribution is 5.33. The van der Waals surface area contributed by atoms with Crippen molar-refractivity contribution in [1.29, 1.82) is 5.26 Å². The Bertz CT molecular complexity index is 768. The van der Waals surface area contributed by atoms with Gasteiger partial charge in [-0.25, -0.2) is 14.4 Å². The molecule has 25 heavy (non-hydrogen) atoms. The Labute approximate surface area is 147 Å². The molecule has 1 atom stereocenters. The number of rotatable bonds is 4. The van der Waals surface area contributed by atoms with Crippen LogP contribution in [0.1, 0.15) is 29.5 Å². The quantitative estimate of drug-likeness (QED) is 0.857. The largest absolute Gasteiger partial charge is 0.340 e. The van der Waals surface area contributed by atoms with Crippen LogP contribution in [0.15, 0.2) is 30.6 Å². The van der Waals surface area contributed by atoms with Crippen LogP contribution in [0.4, 0.5) is 10.3 Å². The van der Waals surface area contributed by atoms with E-state index >= 15 is 0 Å².